The van der Waals surface area contributed by atoms with E-state index in [0.29, 0.717) is 6.07 Å². The van der Waals surface area contributed by atoms with Gasteiger partial charge in [0, 0.05) is 18.7 Å². The standard InChI is InChI=1S/C12H15F2NO4S/c1-8-7-19-10(6-16)5-15(8)20(17,18)12-3-2-9(13)4-11(12)14/h2-4,8,10,16H,5-7H2,1H3. The summed E-state index contributed by atoms with van der Waals surface area (Å²) in [6.45, 7) is 1.32. The molecule has 1 fully saturated rings. The highest BCUT2D eigenvalue weighted by Crippen LogP contribution is 2.24. The van der Waals surface area contributed by atoms with Gasteiger partial charge in [0.15, 0.2) is 0 Å². The third-order valence-corrected chi connectivity index (χ3v) is 5.15. The van der Waals surface area contributed by atoms with Gasteiger partial charge in [0.1, 0.15) is 16.5 Å². The molecule has 1 aromatic rings. The molecule has 2 rings (SSSR count). The second kappa shape index (κ2) is 5.72. The molecule has 0 aliphatic carbocycles. The van der Waals surface area contributed by atoms with Crippen LogP contribution < -0.4 is 0 Å². The van der Waals surface area contributed by atoms with Crippen molar-refractivity contribution < 1.29 is 27.0 Å². The maximum absolute atomic E-state index is 13.7. The molecule has 112 valence electrons. The van der Waals surface area contributed by atoms with Crippen LogP contribution in [0.5, 0.6) is 0 Å². The van der Waals surface area contributed by atoms with Crippen molar-refractivity contribution in [1.82, 2.24) is 4.31 Å². The highest BCUT2D eigenvalue weighted by molar-refractivity contribution is 7.89. The lowest BCUT2D eigenvalue weighted by atomic mass is 10.2. The smallest absolute Gasteiger partial charge is 0.246 e. The molecule has 0 aromatic heterocycles. The molecule has 2 atom stereocenters. The monoisotopic (exact) mass is 307 g/mol. The number of halogens is 2. The molecular weight excluding hydrogens is 292 g/mol. The van der Waals surface area contributed by atoms with Crippen LogP contribution in [0.1, 0.15) is 6.92 Å². The van der Waals surface area contributed by atoms with E-state index in [2.05, 4.69) is 0 Å². The quantitative estimate of drug-likeness (QED) is 0.894. The Kier molecular flexibility index (Phi) is 4.38. The highest BCUT2D eigenvalue weighted by Gasteiger charge is 2.36. The first-order valence-corrected chi connectivity index (χ1v) is 7.49. The zero-order valence-corrected chi connectivity index (χ0v) is 11.6. The lowest BCUT2D eigenvalue weighted by Gasteiger charge is -2.36. The van der Waals surface area contributed by atoms with E-state index in [1.807, 2.05) is 0 Å². The Morgan fingerprint density at radius 3 is 2.75 bits per heavy atom. The molecule has 5 nitrogen and oxygen atoms in total. The van der Waals surface area contributed by atoms with Crippen molar-refractivity contribution in [3.05, 3.63) is 29.8 Å². The minimum atomic E-state index is -4.10. The average Bonchev–Trinajstić information content (AvgIpc) is 2.38. The van der Waals surface area contributed by atoms with E-state index >= 15 is 0 Å². The SMILES string of the molecule is CC1COC(CO)CN1S(=O)(=O)c1ccc(F)cc1F. The van der Waals surface area contributed by atoms with Crippen molar-refractivity contribution in [2.45, 2.75) is 24.0 Å². The third-order valence-electron chi connectivity index (χ3n) is 3.13. The number of ether oxygens (including phenoxy) is 1. The van der Waals surface area contributed by atoms with Gasteiger partial charge in [-0.3, -0.25) is 0 Å². The molecule has 0 spiro atoms. The van der Waals surface area contributed by atoms with Crippen LogP contribution in [-0.4, -0.2) is 49.7 Å². The molecule has 2 unspecified atom stereocenters. The zero-order chi connectivity index (χ0) is 14.9. The predicted molar refractivity (Wildman–Crippen MR) is 66.5 cm³/mol. The first-order chi connectivity index (χ1) is 9.36. The lowest BCUT2D eigenvalue weighted by molar-refractivity contribution is -0.0516. The van der Waals surface area contributed by atoms with Gasteiger partial charge in [0.05, 0.1) is 19.3 Å². The van der Waals surface area contributed by atoms with Crippen LogP contribution in [0.2, 0.25) is 0 Å². The second-order valence-corrected chi connectivity index (χ2v) is 6.50. The van der Waals surface area contributed by atoms with Gasteiger partial charge in [-0.1, -0.05) is 0 Å². The van der Waals surface area contributed by atoms with Crippen LogP contribution in [-0.2, 0) is 14.8 Å². The molecule has 0 saturated carbocycles. The number of morpholine rings is 1. The van der Waals surface area contributed by atoms with E-state index in [0.717, 1.165) is 16.4 Å². The largest absolute Gasteiger partial charge is 0.394 e. The molecule has 0 radical (unpaired) electrons. The molecule has 1 aromatic carbocycles. The summed E-state index contributed by atoms with van der Waals surface area (Å²) in [6, 6.07) is 1.83. The van der Waals surface area contributed by atoms with Crippen molar-refractivity contribution in [2.24, 2.45) is 0 Å². The molecule has 1 aliphatic heterocycles. The fourth-order valence-corrected chi connectivity index (χ4v) is 3.74. The number of sulfonamides is 1. The Labute approximate surface area is 115 Å². The van der Waals surface area contributed by atoms with Gasteiger partial charge in [-0.2, -0.15) is 4.31 Å². The molecule has 20 heavy (non-hydrogen) atoms. The van der Waals surface area contributed by atoms with E-state index in [1.54, 1.807) is 6.92 Å². The fourth-order valence-electron chi connectivity index (χ4n) is 2.05. The minimum Gasteiger partial charge on any atom is -0.394 e. The van der Waals surface area contributed by atoms with Crippen molar-refractivity contribution in [1.29, 1.82) is 0 Å². The summed E-state index contributed by atoms with van der Waals surface area (Å²) in [7, 11) is -4.10. The highest BCUT2D eigenvalue weighted by atomic mass is 32.2. The van der Waals surface area contributed by atoms with E-state index in [4.69, 9.17) is 9.84 Å². The maximum atomic E-state index is 13.7. The summed E-state index contributed by atoms with van der Waals surface area (Å²) in [5.74, 6) is -1.98. The van der Waals surface area contributed by atoms with Crippen molar-refractivity contribution in [3.8, 4) is 0 Å². The normalized spacial score (nSPS) is 24.8. The molecule has 1 aliphatic rings. The van der Waals surface area contributed by atoms with Crippen molar-refractivity contribution in [2.75, 3.05) is 19.8 Å². The fraction of sp³-hybridized carbons (Fsp3) is 0.500. The van der Waals surface area contributed by atoms with Crippen LogP contribution in [0, 0.1) is 11.6 Å². The number of aliphatic hydroxyl groups is 1. The summed E-state index contributed by atoms with van der Waals surface area (Å²) < 4.78 is 57.7. The molecule has 1 saturated heterocycles. The van der Waals surface area contributed by atoms with E-state index < -0.39 is 38.7 Å². The Balaban J connectivity index is 2.38. The van der Waals surface area contributed by atoms with Crippen LogP contribution in [0.15, 0.2) is 23.1 Å². The van der Waals surface area contributed by atoms with Crippen LogP contribution in [0.4, 0.5) is 8.78 Å². The second-order valence-electron chi connectivity index (χ2n) is 4.64. The number of nitrogens with zero attached hydrogens (tertiary/aromatic N) is 1. The average molecular weight is 307 g/mol. The first kappa shape index (κ1) is 15.3. The summed E-state index contributed by atoms with van der Waals surface area (Å²) in [6.07, 6.45) is -0.649. The lowest BCUT2D eigenvalue weighted by Crippen LogP contribution is -2.52. The Bertz CT molecular complexity index is 593. The Morgan fingerprint density at radius 2 is 2.15 bits per heavy atom. The molecule has 1 heterocycles. The van der Waals surface area contributed by atoms with Gasteiger partial charge < -0.3 is 9.84 Å². The predicted octanol–water partition coefficient (Wildman–Crippen LogP) is 0.735. The number of rotatable bonds is 3. The molecule has 0 bridgehead atoms. The van der Waals surface area contributed by atoms with Gasteiger partial charge in [-0.05, 0) is 19.1 Å². The van der Waals surface area contributed by atoms with Crippen molar-refractivity contribution in [3.63, 3.8) is 0 Å². The van der Waals surface area contributed by atoms with Crippen molar-refractivity contribution >= 4 is 10.0 Å². The molecule has 1 N–H and O–H groups in total. The number of benzene rings is 1. The molecular formula is C12H15F2NO4S. The summed E-state index contributed by atoms with van der Waals surface area (Å²) in [4.78, 5) is -0.579. The van der Waals surface area contributed by atoms with Gasteiger partial charge >= 0.3 is 0 Å². The van der Waals surface area contributed by atoms with Gasteiger partial charge in [-0.15, -0.1) is 0 Å². The third kappa shape index (κ3) is 2.83. The Morgan fingerprint density at radius 1 is 1.45 bits per heavy atom. The first-order valence-electron chi connectivity index (χ1n) is 6.05. The van der Waals surface area contributed by atoms with E-state index in [9.17, 15) is 17.2 Å². The topological polar surface area (TPSA) is 66.8 Å². The van der Waals surface area contributed by atoms with Crippen LogP contribution in [0.3, 0.4) is 0 Å². The molecule has 0 amide bonds. The van der Waals surface area contributed by atoms with Gasteiger partial charge in [-0.25, -0.2) is 17.2 Å². The number of hydrogen-bond acceptors (Lipinski definition) is 4. The van der Waals surface area contributed by atoms with Gasteiger partial charge in [0.25, 0.3) is 0 Å². The summed E-state index contributed by atoms with van der Waals surface area (Å²) in [5, 5.41) is 9.05. The Hall–Kier alpha value is -1.09. The maximum Gasteiger partial charge on any atom is 0.246 e. The van der Waals surface area contributed by atoms with E-state index in [-0.39, 0.29) is 19.8 Å². The summed E-state index contributed by atoms with van der Waals surface area (Å²) >= 11 is 0. The van der Waals surface area contributed by atoms with Gasteiger partial charge in [0.2, 0.25) is 10.0 Å². The van der Waals surface area contributed by atoms with Crippen LogP contribution >= 0.6 is 0 Å². The van der Waals surface area contributed by atoms with Crippen LogP contribution in [0.25, 0.3) is 0 Å². The number of aliphatic hydroxyl groups excluding tert-OH is 1. The summed E-state index contributed by atoms with van der Waals surface area (Å²) in [5.41, 5.74) is 0. The minimum absolute atomic E-state index is 0.0726. The molecule has 8 heteroatoms. The number of hydrogen-bond donors (Lipinski definition) is 1. The zero-order valence-electron chi connectivity index (χ0n) is 10.8. The van der Waals surface area contributed by atoms with E-state index in [1.165, 1.54) is 0 Å².